The lowest BCUT2D eigenvalue weighted by molar-refractivity contribution is -0.119. The van der Waals surface area contributed by atoms with Crippen molar-refractivity contribution in [3.05, 3.63) is 71.3 Å². The van der Waals surface area contributed by atoms with Crippen molar-refractivity contribution < 1.29 is 4.79 Å². The van der Waals surface area contributed by atoms with Crippen molar-refractivity contribution in [3.8, 4) is 0 Å². The third-order valence-electron chi connectivity index (χ3n) is 4.98. The third kappa shape index (κ3) is 4.79. The highest BCUT2D eigenvalue weighted by atomic mass is 16.1. The van der Waals surface area contributed by atoms with Crippen LogP contribution in [0.15, 0.2) is 54.6 Å². The Kier molecular flexibility index (Phi) is 5.63. The van der Waals surface area contributed by atoms with Crippen LogP contribution in [0.4, 0.5) is 0 Å². The Morgan fingerprint density at radius 3 is 2.22 bits per heavy atom. The minimum Gasteiger partial charge on any atom is -0.299 e. The molecule has 23 heavy (non-hydrogen) atoms. The summed E-state index contributed by atoms with van der Waals surface area (Å²) in [4.78, 5) is 12.5. The number of hydrogen-bond acceptors (Lipinski definition) is 1. The molecule has 0 amide bonds. The van der Waals surface area contributed by atoms with Crippen LogP contribution in [0.25, 0.3) is 0 Å². The van der Waals surface area contributed by atoms with Gasteiger partial charge in [0, 0.05) is 12.8 Å². The van der Waals surface area contributed by atoms with Gasteiger partial charge < -0.3 is 0 Å². The van der Waals surface area contributed by atoms with Gasteiger partial charge in [-0.2, -0.15) is 0 Å². The number of rotatable bonds is 6. The van der Waals surface area contributed by atoms with Gasteiger partial charge in [-0.1, -0.05) is 86.7 Å². The van der Waals surface area contributed by atoms with Crippen molar-refractivity contribution in [3.63, 3.8) is 0 Å². The molecule has 0 aliphatic heterocycles. The average molecular weight is 306 g/mol. The van der Waals surface area contributed by atoms with Gasteiger partial charge in [-0.3, -0.25) is 4.79 Å². The quantitative estimate of drug-likeness (QED) is 0.702. The van der Waals surface area contributed by atoms with Crippen LogP contribution in [0, 0.1) is 5.92 Å². The first-order valence-corrected chi connectivity index (χ1v) is 8.93. The molecule has 1 aliphatic rings. The van der Waals surface area contributed by atoms with E-state index in [-0.39, 0.29) is 0 Å². The Balaban J connectivity index is 1.64. The molecule has 0 unspecified atom stereocenters. The fraction of sp³-hybridized carbons (Fsp3) is 0.409. The van der Waals surface area contributed by atoms with Crippen LogP contribution >= 0.6 is 0 Å². The normalized spacial score (nSPS) is 15.5. The summed E-state index contributed by atoms with van der Waals surface area (Å²) in [5.74, 6) is 1.05. The second-order valence-corrected chi connectivity index (χ2v) is 6.85. The van der Waals surface area contributed by atoms with Crippen molar-refractivity contribution in [2.75, 3.05) is 0 Å². The Morgan fingerprint density at radius 1 is 0.826 bits per heavy atom. The molecule has 0 atom stereocenters. The van der Waals surface area contributed by atoms with E-state index in [1.807, 2.05) is 6.07 Å². The molecule has 2 aromatic carbocycles. The van der Waals surface area contributed by atoms with Gasteiger partial charge >= 0.3 is 0 Å². The lowest BCUT2D eigenvalue weighted by atomic mass is 9.84. The molecule has 0 spiro atoms. The molecule has 1 nitrogen and oxygen atoms in total. The lowest BCUT2D eigenvalue weighted by Crippen LogP contribution is -2.14. The fourth-order valence-corrected chi connectivity index (χ4v) is 3.72. The van der Waals surface area contributed by atoms with Crippen LogP contribution in [-0.4, -0.2) is 5.78 Å². The van der Waals surface area contributed by atoms with Gasteiger partial charge in [0.1, 0.15) is 5.78 Å². The molecule has 0 heterocycles. The zero-order valence-electron chi connectivity index (χ0n) is 13.8. The number of Topliss-reactive ketones (excluding diaryl/α,β-unsaturated/α-hetero) is 1. The molecular weight excluding hydrogens is 280 g/mol. The number of benzene rings is 2. The van der Waals surface area contributed by atoms with Gasteiger partial charge in [0.15, 0.2) is 0 Å². The van der Waals surface area contributed by atoms with Crippen molar-refractivity contribution in [1.82, 2.24) is 0 Å². The summed E-state index contributed by atoms with van der Waals surface area (Å²) in [5.41, 5.74) is 3.80. The van der Waals surface area contributed by atoms with Gasteiger partial charge in [0.05, 0.1) is 0 Å². The molecule has 2 aromatic rings. The molecule has 0 bridgehead atoms. The highest BCUT2D eigenvalue weighted by molar-refractivity contribution is 5.81. The van der Waals surface area contributed by atoms with E-state index >= 15 is 0 Å². The maximum Gasteiger partial charge on any atom is 0.137 e. The summed E-state index contributed by atoms with van der Waals surface area (Å²) in [6.45, 7) is 0. The molecule has 1 aliphatic carbocycles. The standard InChI is InChI=1S/C22H26O/c23-22(16-19-11-5-2-6-12-19)17-21-14-8-7-13-20(21)15-18-9-3-1-4-10-18/h1,3-4,7-10,13-14,19H,2,5-6,11-12,15-17H2. The summed E-state index contributed by atoms with van der Waals surface area (Å²) in [5, 5.41) is 0. The minimum absolute atomic E-state index is 0.414. The average Bonchev–Trinajstić information content (AvgIpc) is 2.58. The van der Waals surface area contributed by atoms with Crippen LogP contribution in [0.2, 0.25) is 0 Å². The number of carbonyl (C=O) groups is 1. The molecule has 120 valence electrons. The Morgan fingerprint density at radius 2 is 1.48 bits per heavy atom. The number of ketones is 1. The first-order valence-electron chi connectivity index (χ1n) is 8.93. The Labute approximate surface area is 139 Å². The summed E-state index contributed by atoms with van der Waals surface area (Å²) >= 11 is 0. The second-order valence-electron chi connectivity index (χ2n) is 6.85. The van der Waals surface area contributed by atoms with Gasteiger partial charge in [0.25, 0.3) is 0 Å². The van der Waals surface area contributed by atoms with E-state index in [4.69, 9.17) is 0 Å². The first kappa shape index (κ1) is 16.0. The summed E-state index contributed by atoms with van der Waals surface area (Å²) in [6, 6.07) is 18.9. The maximum atomic E-state index is 12.5. The van der Waals surface area contributed by atoms with Crippen LogP contribution < -0.4 is 0 Å². The molecule has 3 rings (SSSR count). The zero-order valence-corrected chi connectivity index (χ0v) is 13.8. The molecule has 1 heteroatoms. The van der Waals surface area contributed by atoms with Gasteiger partial charge in [0.2, 0.25) is 0 Å². The van der Waals surface area contributed by atoms with Crippen LogP contribution in [0.5, 0.6) is 0 Å². The van der Waals surface area contributed by atoms with E-state index in [1.165, 1.54) is 48.8 Å². The maximum absolute atomic E-state index is 12.5. The first-order chi connectivity index (χ1) is 11.3. The predicted octanol–water partition coefficient (Wildman–Crippen LogP) is 5.36. The van der Waals surface area contributed by atoms with E-state index < -0.39 is 0 Å². The zero-order chi connectivity index (χ0) is 15.9. The van der Waals surface area contributed by atoms with Gasteiger partial charge in [-0.15, -0.1) is 0 Å². The number of hydrogen-bond donors (Lipinski definition) is 0. The van der Waals surface area contributed by atoms with Gasteiger partial charge in [-0.25, -0.2) is 0 Å². The van der Waals surface area contributed by atoms with Gasteiger partial charge in [-0.05, 0) is 29.0 Å². The van der Waals surface area contributed by atoms with Crippen molar-refractivity contribution in [2.24, 2.45) is 5.92 Å². The Hall–Kier alpha value is -1.89. The van der Waals surface area contributed by atoms with Crippen LogP contribution in [-0.2, 0) is 17.6 Å². The van der Waals surface area contributed by atoms with Crippen molar-refractivity contribution in [2.45, 2.75) is 51.4 Å². The molecule has 0 aromatic heterocycles. The molecule has 1 saturated carbocycles. The number of carbonyl (C=O) groups excluding carboxylic acids is 1. The summed E-state index contributed by atoms with van der Waals surface area (Å²) in [6.07, 6.45) is 8.75. The van der Waals surface area contributed by atoms with E-state index in [0.717, 1.165) is 12.8 Å². The van der Waals surface area contributed by atoms with E-state index in [2.05, 4.69) is 48.5 Å². The monoisotopic (exact) mass is 306 g/mol. The molecule has 0 radical (unpaired) electrons. The summed E-state index contributed by atoms with van der Waals surface area (Å²) in [7, 11) is 0. The van der Waals surface area contributed by atoms with E-state index in [0.29, 0.717) is 18.1 Å². The molecule has 1 fully saturated rings. The smallest absolute Gasteiger partial charge is 0.137 e. The second kappa shape index (κ2) is 8.10. The fourth-order valence-electron chi connectivity index (χ4n) is 3.72. The highest BCUT2D eigenvalue weighted by Gasteiger charge is 2.17. The van der Waals surface area contributed by atoms with Crippen molar-refractivity contribution >= 4 is 5.78 Å². The Bertz CT molecular complexity index is 623. The van der Waals surface area contributed by atoms with Crippen LogP contribution in [0.1, 0.15) is 55.2 Å². The molecule has 0 saturated heterocycles. The van der Waals surface area contributed by atoms with E-state index in [9.17, 15) is 4.79 Å². The minimum atomic E-state index is 0.414. The lowest BCUT2D eigenvalue weighted by Gasteiger charge is -2.20. The predicted molar refractivity (Wildman–Crippen MR) is 95.6 cm³/mol. The highest BCUT2D eigenvalue weighted by Crippen LogP contribution is 2.27. The summed E-state index contributed by atoms with van der Waals surface area (Å²) < 4.78 is 0. The molecular formula is C22H26O. The van der Waals surface area contributed by atoms with Crippen molar-refractivity contribution in [1.29, 1.82) is 0 Å². The third-order valence-corrected chi connectivity index (χ3v) is 4.98. The topological polar surface area (TPSA) is 17.1 Å². The molecule has 0 N–H and O–H groups in total. The largest absolute Gasteiger partial charge is 0.299 e. The van der Waals surface area contributed by atoms with Crippen LogP contribution in [0.3, 0.4) is 0 Å². The van der Waals surface area contributed by atoms with E-state index in [1.54, 1.807) is 0 Å². The SMILES string of the molecule is O=C(Cc1ccccc1Cc1ccccc1)CC1CCCCC1.